The molecule has 0 bridgehead atoms. The van der Waals surface area contributed by atoms with E-state index in [1.165, 1.54) is 0 Å². The van der Waals surface area contributed by atoms with Crippen LogP contribution in [0.15, 0.2) is 12.1 Å². The summed E-state index contributed by atoms with van der Waals surface area (Å²) < 4.78 is 66.6. The molecule has 4 nitrogen and oxygen atoms in total. The number of fused-ring (bicyclic) bond motifs is 1. The number of rotatable bonds is 4. The molecular formula is C12H8F5NO3. The molecule has 1 aliphatic heterocycles. The minimum absolute atomic E-state index is 0.443. The summed E-state index contributed by atoms with van der Waals surface area (Å²) in [5.41, 5.74) is -0.893. The van der Waals surface area contributed by atoms with Gasteiger partial charge in [0.2, 0.25) is 0 Å². The van der Waals surface area contributed by atoms with Gasteiger partial charge in [-0.1, -0.05) is 0 Å². The summed E-state index contributed by atoms with van der Waals surface area (Å²) in [7, 11) is 0. The van der Waals surface area contributed by atoms with Crippen LogP contribution in [0.2, 0.25) is 0 Å². The summed E-state index contributed by atoms with van der Waals surface area (Å²) in [6.45, 7) is -2.52. The fraction of sp³-hybridized carbons (Fsp3) is 0.333. The number of ether oxygens (including phenoxy) is 1. The van der Waals surface area contributed by atoms with Crippen molar-refractivity contribution in [2.24, 2.45) is 0 Å². The molecule has 114 valence electrons. The number of carbonyl (C=O) groups excluding carboxylic acids is 2. The number of nitrogens with zero attached hydrogens (tertiary/aromatic N) is 1. The Morgan fingerprint density at radius 3 is 2.43 bits per heavy atom. The maximum Gasteiger partial charge on any atom is 0.411 e. The normalized spacial score (nSPS) is 14.8. The van der Waals surface area contributed by atoms with E-state index in [1.54, 1.807) is 0 Å². The Labute approximate surface area is 115 Å². The summed E-state index contributed by atoms with van der Waals surface area (Å²) in [6.07, 6.45) is -4.53. The van der Waals surface area contributed by atoms with E-state index in [4.69, 9.17) is 0 Å². The number of ketones is 1. The smallest absolute Gasteiger partial charge is 0.370 e. The summed E-state index contributed by atoms with van der Waals surface area (Å²) in [4.78, 5) is 23.8. The number of anilines is 1. The van der Waals surface area contributed by atoms with Crippen LogP contribution in [0.25, 0.3) is 0 Å². The predicted octanol–water partition coefficient (Wildman–Crippen LogP) is 2.07. The largest absolute Gasteiger partial charge is 0.411 e. The Hall–Kier alpha value is -2.03. The molecule has 2 rings (SSSR count). The zero-order chi connectivity index (χ0) is 15.8. The van der Waals surface area contributed by atoms with E-state index in [-0.39, 0.29) is 0 Å². The van der Waals surface area contributed by atoms with E-state index in [2.05, 4.69) is 4.74 Å². The minimum atomic E-state index is -4.53. The highest BCUT2D eigenvalue weighted by molar-refractivity contribution is 6.52. The molecule has 0 atom stereocenters. The zero-order valence-corrected chi connectivity index (χ0v) is 10.3. The molecular weight excluding hydrogens is 301 g/mol. The second-order valence-electron chi connectivity index (χ2n) is 4.24. The molecule has 0 N–H and O–H groups in total. The Bertz CT molecular complexity index is 599. The van der Waals surface area contributed by atoms with Crippen molar-refractivity contribution in [1.29, 1.82) is 0 Å². The molecule has 21 heavy (non-hydrogen) atoms. The predicted molar refractivity (Wildman–Crippen MR) is 59.9 cm³/mol. The van der Waals surface area contributed by atoms with Crippen molar-refractivity contribution < 1.29 is 36.3 Å². The second kappa shape index (κ2) is 5.40. The third-order valence-electron chi connectivity index (χ3n) is 2.71. The standard InChI is InChI=1S/C12H8F5NO3/c13-6-3-7-9(8(14)4-6)18(11(20)10(7)19)1-2-21-5-12(15,16)17/h3-4H,1-2,5H2. The van der Waals surface area contributed by atoms with Crippen LogP contribution in [0.5, 0.6) is 0 Å². The third kappa shape index (κ3) is 3.18. The van der Waals surface area contributed by atoms with Crippen LogP contribution < -0.4 is 4.90 Å². The Morgan fingerprint density at radius 2 is 1.81 bits per heavy atom. The van der Waals surface area contributed by atoms with Crippen LogP contribution >= 0.6 is 0 Å². The molecule has 0 aliphatic carbocycles. The number of hydrogen-bond acceptors (Lipinski definition) is 3. The molecule has 1 aromatic rings. The van der Waals surface area contributed by atoms with Crippen LogP contribution in [0.1, 0.15) is 10.4 Å². The summed E-state index contributed by atoms with van der Waals surface area (Å²) in [6, 6.07) is 1.18. The highest BCUT2D eigenvalue weighted by Crippen LogP contribution is 2.32. The molecule has 1 amide bonds. The van der Waals surface area contributed by atoms with Crippen molar-refractivity contribution in [3.05, 3.63) is 29.3 Å². The first-order valence-electron chi connectivity index (χ1n) is 5.70. The molecule has 9 heteroatoms. The molecule has 1 aliphatic rings. The molecule has 0 saturated heterocycles. The lowest BCUT2D eigenvalue weighted by atomic mass is 10.1. The number of Topliss-reactive ketones (excluding diaryl/α,β-unsaturated/α-hetero) is 1. The average molecular weight is 309 g/mol. The van der Waals surface area contributed by atoms with Gasteiger partial charge < -0.3 is 4.74 Å². The second-order valence-corrected chi connectivity index (χ2v) is 4.24. The van der Waals surface area contributed by atoms with Gasteiger partial charge in [0.15, 0.2) is 5.82 Å². The van der Waals surface area contributed by atoms with Crippen molar-refractivity contribution in [3.63, 3.8) is 0 Å². The fourth-order valence-electron chi connectivity index (χ4n) is 1.91. The van der Waals surface area contributed by atoms with Gasteiger partial charge in [-0.3, -0.25) is 14.5 Å². The lowest BCUT2D eigenvalue weighted by Gasteiger charge is -2.17. The lowest BCUT2D eigenvalue weighted by molar-refractivity contribution is -0.173. The molecule has 0 aromatic heterocycles. The summed E-state index contributed by atoms with van der Waals surface area (Å²) in [5, 5.41) is 0. The molecule has 0 spiro atoms. The fourth-order valence-corrected chi connectivity index (χ4v) is 1.91. The van der Waals surface area contributed by atoms with Crippen LogP contribution in [0.4, 0.5) is 27.6 Å². The molecule has 1 heterocycles. The Balaban J connectivity index is 2.12. The van der Waals surface area contributed by atoms with Gasteiger partial charge >= 0.3 is 6.18 Å². The number of amides is 1. The van der Waals surface area contributed by atoms with E-state index >= 15 is 0 Å². The average Bonchev–Trinajstić information content (AvgIpc) is 2.58. The van der Waals surface area contributed by atoms with Crippen LogP contribution in [0.3, 0.4) is 0 Å². The SMILES string of the molecule is O=C1C(=O)N(CCOCC(F)(F)F)c2c(F)cc(F)cc21. The summed E-state index contributed by atoms with van der Waals surface area (Å²) >= 11 is 0. The van der Waals surface area contributed by atoms with Crippen LogP contribution in [0, 0.1) is 11.6 Å². The molecule has 1 aromatic carbocycles. The van der Waals surface area contributed by atoms with Gasteiger partial charge in [-0.2, -0.15) is 13.2 Å². The minimum Gasteiger partial charge on any atom is -0.370 e. The molecule has 0 saturated carbocycles. The lowest BCUT2D eigenvalue weighted by Crippen LogP contribution is -2.34. The molecule has 0 fully saturated rings. The van der Waals surface area contributed by atoms with Crippen molar-refractivity contribution in [2.75, 3.05) is 24.7 Å². The third-order valence-corrected chi connectivity index (χ3v) is 2.71. The van der Waals surface area contributed by atoms with Crippen molar-refractivity contribution in [2.45, 2.75) is 6.18 Å². The first-order valence-corrected chi connectivity index (χ1v) is 5.70. The maximum absolute atomic E-state index is 13.6. The van der Waals surface area contributed by atoms with Gasteiger partial charge in [0.25, 0.3) is 11.7 Å². The van der Waals surface area contributed by atoms with Gasteiger partial charge in [-0.15, -0.1) is 0 Å². The van der Waals surface area contributed by atoms with Crippen molar-refractivity contribution >= 4 is 17.4 Å². The molecule has 0 radical (unpaired) electrons. The first-order chi connectivity index (χ1) is 9.70. The molecule has 0 unspecified atom stereocenters. The van der Waals surface area contributed by atoms with E-state index in [9.17, 15) is 31.5 Å². The topological polar surface area (TPSA) is 46.6 Å². The number of alkyl halides is 3. The quantitative estimate of drug-likeness (QED) is 0.486. The first kappa shape index (κ1) is 15.4. The van der Waals surface area contributed by atoms with Crippen molar-refractivity contribution in [1.82, 2.24) is 0 Å². The van der Waals surface area contributed by atoms with Gasteiger partial charge in [-0.25, -0.2) is 8.78 Å². The maximum atomic E-state index is 13.6. The highest BCUT2D eigenvalue weighted by Gasteiger charge is 2.38. The monoisotopic (exact) mass is 309 g/mol. The van der Waals surface area contributed by atoms with E-state index < -0.39 is 60.5 Å². The van der Waals surface area contributed by atoms with Gasteiger partial charge in [0.1, 0.15) is 12.4 Å². The van der Waals surface area contributed by atoms with Crippen LogP contribution in [-0.4, -0.2) is 37.6 Å². The highest BCUT2D eigenvalue weighted by atomic mass is 19.4. The Kier molecular flexibility index (Phi) is 3.95. The number of halogens is 5. The number of benzene rings is 1. The zero-order valence-electron chi connectivity index (χ0n) is 10.3. The van der Waals surface area contributed by atoms with E-state index in [0.29, 0.717) is 17.0 Å². The Morgan fingerprint density at radius 1 is 1.14 bits per heavy atom. The number of hydrogen-bond donors (Lipinski definition) is 0. The van der Waals surface area contributed by atoms with Gasteiger partial charge in [0, 0.05) is 12.6 Å². The van der Waals surface area contributed by atoms with Gasteiger partial charge in [-0.05, 0) is 6.07 Å². The van der Waals surface area contributed by atoms with Crippen LogP contribution in [-0.2, 0) is 9.53 Å². The van der Waals surface area contributed by atoms with Gasteiger partial charge in [0.05, 0.1) is 17.9 Å². The number of carbonyl (C=O) groups is 2. The summed E-state index contributed by atoms with van der Waals surface area (Å²) in [5.74, 6) is -4.41. The van der Waals surface area contributed by atoms with E-state index in [1.807, 2.05) is 0 Å². The van der Waals surface area contributed by atoms with Crippen molar-refractivity contribution in [3.8, 4) is 0 Å². The van der Waals surface area contributed by atoms with E-state index in [0.717, 1.165) is 0 Å².